The number of nitrogens with one attached hydrogen (secondary N) is 2. The van der Waals surface area contributed by atoms with Crippen molar-refractivity contribution >= 4 is 34.3 Å². The number of aryl methyl sites for hydroxylation is 2. The van der Waals surface area contributed by atoms with Gasteiger partial charge < -0.3 is 9.15 Å². The van der Waals surface area contributed by atoms with Gasteiger partial charge in [0.05, 0.1) is 29.5 Å². The van der Waals surface area contributed by atoms with Crippen molar-refractivity contribution < 1.29 is 13.9 Å². The summed E-state index contributed by atoms with van der Waals surface area (Å²) in [5.41, 5.74) is 0.208. The number of furan rings is 1. The summed E-state index contributed by atoms with van der Waals surface area (Å²) in [6.07, 6.45) is 2.10. The molecule has 0 spiro atoms. The molecule has 0 saturated carbocycles. The Labute approximate surface area is 163 Å². The van der Waals surface area contributed by atoms with Crippen molar-refractivity contribution in [3.05, 3.63) is 21.8 Å². The van der Waals surface area contributed by atoms with E-state index in [1.807, 2.05) is 0 Å². The highest BCUT2D eigenvalue weighted by Crippen LogP contribution is 2.28. The number of anilines is 1. The summed E-state index contributed by atoms with van der Waals surface area (Å²) in [6, 6.07) is 0. The zero-order chi connectivity index (χ0) is 19.7. The Bertz CT molecular complexity index is 1070. The smallest absolute Gasteiger partial charge is 0.277 e. The molecule has 0 aliphatic carbocycles. The maximum atomic E-state index is 12.4. The van der Waals surface area contributed by atoms with E-state index < -0.39 is 5.56 Å². The van der Waals surface area contributed by atoms with Gasteiger partial charge in [0.15, 0.2) is 0 Å². The molecule has 2 N–H and O–H groups in total. The van der Waals surface area contributed by atoms with Gasteiger partial charge in [-0.3, -0.25) is 14.9 Å². The fourth-order valence-corrected chi connectivity index (χ4v) is 3.91. The number of aromatic nitrogens is 6. The third-order valence-corrected chi connectivity index (χ3v) is 5.44. The van der Waals surface area contributed by atoms with Crippen molar-refractivity contribution in [2.75, 3.05) is 17.7 Å². The van der Waals surface area contributed by atoms with Crippen LogP contribution in [0, 0.1) is 13.8 Å². The highest BCUT2D eigenvalue weighted by atomic mass is 32.2. The van der Waals surface area contributed by atoms with Crippen LogP contribution in [0.1, 0.15) is 24.3 Å². The molecule has 1 unspecified atom stereocenters. The number of carbonyl (C=O) groups is 1. The number of ether oxygens (including phenoxy) is 1. The first-order chi connectivity index (χ1) is 13.5. The van der Waals surface area contributed by atoms with Gasteiger partial charge in [-0.2, -0.15) is 5.10 Å². The predicted molar refractivity (Wildman–Crippen MR) is 100 cm³/mol. The molecular formula is C16H19N7O4S. The second-order valence-electron chi connectivity index (χ2n) is 6.49. The molecule has 1 fully saturated rings. The van der Waals surface area contributed by atoms with Gasteiger partial charge in [-0.25, -0.2) is 9.78 Å². The van der Waals surface area contributed by atoms with Crippen LogP contribution in [0.5, 0.6) is 0 Å². The van der Waals surface area contributed by atoms with Gasteiger partial charge in [-0.1, -0.05) is 11.8 Å². The number of fused-ring (bicyclic) bond motifs is 1. The van der Waals surface area contributed by atoms with Crippen molar-refractivity contribution in [2.45, 2.75) is 44.5 Å². The van der Waals surface area contributed by atoms with Crippen molar-refractivity contribution in [3.63, 3.8) is 0 Å². The maximum Gasteiger partial charge on any atom is 0.277 e. The van der Waals surface area contributed by atoms with Crippen LogP contribution in [0.4, 0.5) is 5.88 Å². The lowest BCUT2D eigenvalue weighted by atomic mass is 10.2. The number of aromatic amines is 1. The summed E-state index contributed by atoms with van der Waals surface area (Å²) in [7, 11) is 0. The van der Waals surface area contributed by atoms with Gasteiger partial charge in [0, 0.05) is 6.61 Å². The van der Waals surface area contributed by atoms with Crippen LogP contribution in [0.3, 0.4) is 0 Å². The molecule has 148 valence electrons. The van der Waals surface area contributed by atoms with E-state index in [0.29, 0.717) is 28.5 Å². The predicted octanol–water partition coefficient (Wildman–Crippen LogP) is 1.03. The highest BCUT2D eigenvalue weighted by Gasteiger charge is 2.21. The van der Waals surface area contributed by atoms with Gasteiger partial charge in [-0.05, 0) is 37.1 Å². The Balaban J connectivity index is 1.44. The van der Waals surface area contributed by atoms with Crippen LogP contribution in [-0.2, 0) is 16.1 Å². The standard InChI is InChI=1S/C16H19N7O4S/c1-8-12-9(2)27-15(13(12)14(25)19-18-8)17-11(24)7-28-16-20-21-22-23(16)6-10-4-3-5-26-10/h10H,3-7H2,1-2H3,(H,17,24)(H,19,25). The zero-order valence-corrected chi connectivity index (χ0v) is 16.2. The lowest BCUT2D eigenvalue weighted by Gasteiger charge is -2.09. The lowest BCUT2D eigenvalue weighted by Crippen LogP contribution is -2.19. The van der Waals surface area contributed by atoms with Gasteiger partial charge in [0.2, 0.25) is 16.9 Å². The molecule has 1 atom stereocenters. The second-order valence-corrected chi connectivity index (χ2v) is 7.43. The van der Waals surface area contributed by atoms with E-state index in [9.17, 15) is 9.59 Å². The molecule has 1 aliphatic heterocycles. The molecule has 1 saturated heterocycles. The van der Waals surface area contributed by atoms with Gasteiger partial charge in [0.25, 0.3) is 5.56 Å². The minimum Gasteiger partial charge on any atom is -0.444 e. The quantitative estimate of drug-likeness (QED) is 0.575. The van der Waals surface area contributed by atoms with Crippen LogP contribution in [-0.4, -0.2) is 54.8 Å². The van der Waals surface area contributed by atoms with Crippen molar-refractivity contribution in [1.82, 2.24) is 30.4 Å². The Morgan fingerprint density at radius 1 is 1.39 bits per heavy atom. The average molecular weight is 405 g/mol. The van der Waals surface area contributed by atoms with Crippen LogP contribution in [0.2, 0.25) is 0 Å². The van der Waals surface area contributed by atoms with Crippen molar-refractivity contribution in [1.29, 1.82) is 0 Å². The van der Waals surface area contributed by atoms with E-state index in [0.717, 1.165) is 19.4 Å². The van der Waals surface area contributed by atoms with E-state index in [4.69, 9.17) is 9.15 Å². The summed E-state index contributed by atoms with van der Waals surface area (Å²) >= 11 is 1.20. The van der Waals surface area contributed by atoms with E-state index in [1.54, 1.807) is 18.5 Å². The summed E-state index contributed by atoms with van der Waals surface area (Å²) in [4.78, 5) is 24.5. The van der Waals surface area contributed by atoms with Gasteiger partial charge in [0.1, 0.15) is 11.1 Å². The number of amides is 1. The minimum atomic E-state index is -0.416. The molecule has 12 heteroatoms. The molecule has 1 aliphatic rings. The minimum absolute atomic E-state index is 0.0646. The third kappa shape index (κ3) is 3.64. The van der Waals surface area contributed by atoms with E-state index >= 15 is 0 Å². The molecule has 3 aromatic heterocycles. The molecule has 0 radical (unpaired) electrons. The number of tetrazole rings is 1. The normalized spacial score (nSPS) is 16.7. The summed E-state index contributed by atoms with van der Waals surface area (Å²) in [5.74, 6) is 0.370. The summed E-state index contributed by atoms with van der Waals surface area (Å²) in [6.45, 7) is 4.79. The van der Waals surface area contributed by atoms with Gasteiger partial charge in [-0.15, -0.1) is 5.10 Å². The zero-order valence-electron chi connectivity index (χ0n) is 15.4. The average Bonchev–Trinajstić information content (AvgIpc) is 3.39. The number of hydrogen-bond acceptors (Lipinski definition) is 9. The molecule has 3 aromatic rings. The Morgan fingerprint density at radius 2 is 2.25 bits per heavy atom. The SMILES string of the molecule is Cc1n[nH]c(=O)c2c(NC(=O)CSc3nnnn3CC3CCCO3)oc(C)c12. The number of H-pyrrole nitrogens is 1. The first-order valence-corrected chi connectivity index (χ1v) is 9.80. The van der Waals surface area contributed by atoms with E-state index in [2.05, 4.69) is 31.0 Å². The van der Waals surface area contributed by atoms with Crippen LogP contribution in [0.25, 0.3) is 10.8 Å². The van der Waals surface area contributed by atoms with Crippen LogP contribution >= 0.6 is 11.8 Å². The molecular weight excluding hydrogens is 386 g/mol. The third-order valence-electron chi connectivity index (χ3n) is 4.48. The summed E-state index contributed by atoms with van der Waals surface area (Å²) in [5, 5.41) is 22.0. The number of hydrogen-bond donors (Lipinski definition) is 2. The Kier molecular flexibility index (Phi) is 5.13. The first kappa shape index (κ1) is 18.6. The fraction of sp³-hybridized carbons (Fsp3) is 0.500. The highest BCUT2D eigenvalue weighted by molar-refractivity contribution is 7.99. The van der Waals surface area contributed by atoms with Crippen molar-refractivity contribution in [3.8, 4) is 0 Å². The number of thioether (sulfide) groups is 1. The van der Waals surface area contributed by atoms with Gasteiger partial charge >= 0.3 is 0 Å². The second kappa shape index (κ2) is 7.72. The lowest BCUT2D eigenvalue weighted by molar-refractivity contribution is -0.113. The summed E-state index contributed by atoms with van der Waals surface area (Å²) < 4.78 is 12.8. The van der Waals surface area contributed by atoms with Crippen LogP contribution < -0.4 is 10.9 Å². The Hall–Kier alpha value is -2.73. The van der Waals surface area contributed by atoms with E-state index in [1.165, 1.54) is 11.8 Å². The molecule has 1 amide bonds. The van der Waals surface area contributed by atoms with Crippen LogP contribution in [0.15, 0.2) is 14.4 Å². The number of rotatable bonds is 6. The topological polar surface area (TPSA) is 141 Å². The molecule has 11 nitrogen and oxygen atoms in total. The van der Waals surface area contributed by atoms with Crippen molar-refractivity contribution in [2.24, 2.45) is 0 Å². The monoisotopic (exact) mass is 405 g/mol. The molecule has 4 heterocycles. The molecule has 0 bridgehead atoms. The number of carbonyl (C=O) groups excluding carboxylic acids is 1. The van der Waals surface area contributed by atoms with E-state index in [-0.39, 0.29) is 29.0 Å². The largest absolute Gasteiger partial charge is 0.444 e. The first-order valence-electron chi connectivity index (χ1n) is 8.81. The molecule has 28 heavy (non-hydrogen) atoms. The maximum absolute atomic E-state index is 12.4. The molecule has 0 aromatic carbocycles. The number of nitrogens with zero attached hydrogens (tertiary/aromatic N) is 5. The Morgan fingerprint density at radius 3 is 3.04 bits per heavy atom. The molecule has 4 rings (SSSR count). The fourth-order valence-electron chi connectivity index (χ4n) is 3.22.